The van der Waals surface area contributed by atoms with Crippen molar-refractivity contribution in [2.45, 2.75) is 69.4 Å². The number of nitrogens with zero attached hydrogens (tertiary/aromatic N) is 3. The van der Waals surface area contributed by atoms with Gasteiger partial charge < -0.3 is 4.74 Å². The zero-order valence-corrected chi connectivity index (χ0v) is 17.5. The first-order valence-corrected chi connectivity index (χ1v) is 11.7. The summed E-state index contributed by atoms with van der Waals surface area (Å²) >= 11 is 0. The smallest absolute Gasteiger partial charge is 0.243 e. The van der Waals surface area contributed by atoms with E-state index in [2.05, 4.69) is 22.8 Å². The molecule has 1 aliphatic carbocycles. The minimum Gasteiger partial charge on any atom is -0.490 e. The highest BCUT2D eigenvalue weighted by molar-refractivity contribution is 7.89. The fourth-order valence-corrected chi connectivity index (χ4v) is 5.85. The Morgan fingerprint density at radius 1 is 1.00 bits per heavy atom. The lowest BCUT2D eigenvalue weighted by Gasteiger charge is -2.32. The number of aromatic nitrogens is 2. The number of piperidine rings is 1. The molecule has 0 N–H and O–H groups in total. The third kappa shape index (κ3) is 3.96. The molecule has 6 nitrogen and oxygen atoms in total. The number of hydrogen-bond donors (Lipinski definition) is 0. The molecule has 2 aliphatic rings. The molecule has 1 aliphatic heterocycles. The summed E-state index contributed by atoms with van der Waals surface area (Å²) in [5, 5.41) is 4.57. The van der Waals surface area contributed by atoms with Crippen molar-refractivity contribution in [3.05, 3.63) is 41.7 Å². The zero-order chi connectivity index (χ0) is 19.7. The molecule has 1 aromatic carbocycles. The minimum absolute atomic E-state index is 0.266. The molecule has 0 spiro atoms. The van der Waals surface area contributed by atoms with E-state index in [4.69, 9.17) is 4.74 Å². The summed E-state index contributed by atoms with van der Waals surface area (Å²) in [6, 6.07) is 9.25. The molecule has 0 radical (unpaired) electrons. The van der Waals surface area contributed by atoms with Crippen LogP contribution in [-0.2, 0) is 10.0 Å². The second-order valence-electron chi connectivity index (χ2n) is 8.00. The van der Waals surface area contributed by atoms with Gasteiger partial charge >= 0.3 is 0 Å². The first kappa shape index (κ1) is 19.5. The Bertz CT molecular complexity index is 907. The van der Waals surface area contributed by atoms with Gasteiger partial charge in [-0.1, -0.05) is 0 Å². The fourth-order valence-electron chi connectivity index (χ4n) is 4.38. The number of ether oxygens (including phenoxy) is 1. The predicted molar refractivity (Wildman–Crippen MR) is 108 cm³/mol. The highest BCUT2D eigenvalue weighted by Gasteiger charge is 2.30. The molecular weight excluding hydrogens is 374 g/mol. The van der Waals surface area contributed by atoms with Gasteiger partial charge in [0.2, 0.25) is 10.0 Å². The lowest BCUT2D eigenvalue weighted by Crippen LogP contribution is -2.39. The van der Waals surface area contributed by atoms with E-state index in [1.54, 1.807) is 28.6 Å². The van der Waals surface area contributed by atoms with E-state index in [1.165, 1.54) is 12.8 Å². The van der Waals surface area contributed by atoms with E-state index in [1.807, 2.05) is 6.92 Å². The van der Waals surface area contributed by atoms with Crippen LogP contribution >= 0.6 is 0 Å². The van der Waals surface area contributed by atoms with Crippen LogP contribution in [0.1, 0.15) is 56.0 Å². The number of hydrogen-bond acceptors (Lipinski definition) is 4. The van der Waals surface area contributed by atoms with Gasteiger partial charge in [0.1, 0.15) is 5.75 Å². The summed E-state index contributed by atoms with van der Waals surface area (Å²) in [7, 11) is -3.47. The van der Waals surface area contributed by atoms with E-state index in [-0.39, 0.29) is 12.1 Å². The molecule has 0 unspecified atom stereocenters. The van der Waals surface area contributed by atoms with Crippen LogP contribution in [-0.4, -0.2) is 41.7 Å². The fraction of sp³-hybridized carbons (Fsp3) is 0.571. The summed E-state index contributed by atoms with van der Waals surface area (Å²) in [5.41, 5.74) is 2.14. The molecule has 4 rings (SSSR count). The topological polar surface area (TPSA) is 64.4 Å². The van der Waals surface area contributed by atoms with Gasteiger partial charge in [-0.3, -0.25) is 4.68 Å². The van der Waals surface area contributed by atoms with Crippen LogP contribution in [0, 0.1) is 13.8 Å². The Hall–Kier alpha value is -1.86. The Morgan fingerprint density at radius 3 is 2.21 bits per heavy atom. The Labute approximate surface area is 167 Å². The SMILES string of the molecule is Cc1cc(C)n(C2CCN(S(=O)(=O)c3ccc(OC4CCCC4)cc3)CC2)n1. The van der Waals surface area contributed by atoms with E-state index in [0.29, 0.717) is 18.0 Å². The van der Waals surface area contributed by atoms with Crippen LogP contribution in [0.5, 0.6) is 5.75 Å². The lowest BCUT2D eigenvalue weighted by atomic mass is 10.1. The molecule has 0 bridgehead atoms. The van der Waals surface area contributed by atoms with Gasteiger partial charge in [0, 0.05) is 18.8 Å². The average molecular weight is 404 g/mol. The maximum atomic E-state index is 13.0. The molecule has 28 heavy (non-hydrogen) atoms. The molecule has 7 heteroatoms. The standard InChI is InChI=1S/C21H29N3O3S/c1-16-15-17(2)24(22-16)18-11-13-23(14-12-18)28(25,26)21-9-7-20(8-10-21)27-19-5-3-4-6-19/h7-10,15,18-19H,3-6,11-14H2,1-2H3. The van der Waals surface area contributed by atoms with Crippen LogP contribution in [0.3, 0.4) is 0 Å². The summed E-state index contributed by atoms with van der Waals surface area (Å²) in [6.45, 7) is 5.08. The van der Waals surface area contributed by atoms with Crippen LogP contribution in [0.15, 0.2) is 35.2 Å². The molecule has 0 atom stereocenters. The molecule has 0 amide bonds. The zero-order valence-electron chi connectivity index (χ0n) is 16.7. The van der Waals surface area contributed by atoms with Gasteiger partial charge in [0.05, 0.1) is 22.7 Å². The second-order valence-corrected chi connectivity index (χ2v) is 9.94. The van der Waals surface area contributed by atoms with Crippen molar-refractivity contribution in [3.63, 3.8) is 0 Å². The van der Waals surface area contributed by atoms with Crippen molar-refractivity contribution in [1.82, 2.24) is 14.1 Å². The van der Waals surface area contributed by atoms with E-state index >= 15 is 0 Å². The van der Waals surface area contributed by atoms with Crippen molar-refractivity contribution >= 4 is 10.0 Å². The van der Waals surface area contributed by atoms with Crippen molar-refractivity contribution in [2.75, 3.05) is 13.1 Å². The van der Waals surface area contributed by atoms with Gasteiger partial charge in [0.25, 0.3) is 0 Å². The Balaban J connectivity index is 1.40. The molecule has 152 valence electrons. The van der Waals surface area contributed by atoms with Gasteiger partial charge in [0.15, 0.2) is 0 Å². The van der Waals surface area contributed by atoms with Gasteiger partial charge in [-0.25, -0.2) is 8.42 Å². The normalized spacial score (nSPS) is 19.9. The lowest BCUT2D eigenvalue weighted by molar-refractivity contribution is 0.210. The maximum Gasteiger partial charge on any atom is 0.243 e. The van der Waals surface area contributed by atoms with Crippen LogP contribution in [0.4, 0.5) is 0 Å². The van der Waals surface area contributed by atoms with E-state index in [9.17, 15) is 8.42 Å². The van der Waals surface area contributed by atoms with Gasteiger partial charge in [-0.2, -0.15) is 9.40 Å². The molecular formula is C21H29N3O3S. The average Bonchev–Trinajstić information content (AvgIpc) is 3.31. The summed E-state index contributed by atoms with van der Waals surface area (Å²) in [4.78, 5) is 0.343. The first-order chi connectivity index (χ1) is 13.4. The third-order valence-corrected chi connectivity index (χ3v) is 7.79. The van der Waals surface area contributed by atoms with Crippen molar-refractivity contribution < 1.29 is 13.2 Å². The van der Waals surface area contributed by atoms with Gasteiger partial charge in [-0.05, 0) is 82.7 Å². The predicted octanol–water partition coefficient (Wildman–Crippen LogP) is 3.85. The number of rotatable bonds is 5. The Kier molecular flexibility index (Phi) is 5.47. The maximum absolute atomic E-state index is 13.0. The van der Waals surface area contributed by atoms with Crippen LogP contribution in [0.2, 0.25) is 0 Å². The summed E-state index contributed by atoms with van der Waals surface area (Å²) < 4.78 is 35.6. The molecule has 2 fully saturated rings. The number of benzene rings is 1. The molecule has 2 aromatic rings. The molecule has 1 aromatic heterocycles. The molecule has 1 saturated carbocycles. The van der Waals surface area contributed by atoms with Crippen molar-refractivity contribution in [1.29, 1.82) is 0 Å². The highest BCUT2D eigenvalue weighted by Crippen LogP contribution is 2.29. The van der Waals surface area contributed by atoms with Crippen LogP contribution in [0.25, 0.3) is 0 Å². The van der Waals surface area contributed by atoms with E-state index in [0.717, 1.165) is 42.8 Å². The first-order valence-electron chi connectivity index (χ1n) is 10.2. The molecule has 1 saturated heterocycles. The summed E-state index contributed by atoms with van der Waals surface area (Å²) in [6.07, 6.45) is 6.44. The van der Waals surface area contributed by atoms with Crippen molar-refractivity contribution in [2.24, 2.45) is 0 Å². The monoisotopic (exact) mass is 403 g/mol. The Morgan fingerprint density at radius 2 is 1.64 bits per heavy atom. The molecule has 2 heterocycles. The van der Waals surface area contributed by atoms with Gasteiger partial charge in [-0.15, -0.1) is 0 Å². The second kappa shape index (κ2) is 7.87. The number of aryl methyl sites for hydroxylation is 2. The third-order valence-electron chi connectivity index (χ3n) is 5.88. The quantitative estimate of drug-likeness (QED) is 0.761. The number of sulfonamides is 1. The van der Waals surface area contributed by atoms with E-state index < -0.39 is 10.0 Å². The highest BCUT2D eigenvalue weighted by atomic mass is 32.2. The largest absolute Gasteiger partial charge is 0.490 e. The summed E-state index contributed by atoms with van der Waals surface area (Å²) in [5.74, 6) is 0.758. The van der Waals surface area contributed by atoms with Crippen LogP contribution < -0.4 is 4.74 Å². The van der Waals surface area contributed by atoms with Crippen molar-refractivity contribution in [3.8, 4) is 5.75 Å². The minimum atomic E-state index is -3.47.